The van der Waals surface area contributed by atoms with Crippen LogP contribution in [0.4, 0.5) is 0 Å². The number of carbonyl (C=O) groups is 2. The third kappa shape index (κ3) is 5.67. The maximum atomic E-state index is 12.0. The van der Waals surface area contributed by atoms with Gasteiger partial charge in [0.2, 0.25) is 5.91 Å². The second-order valence-electron chi connectivity index (χ2n) is 5.73. The van der Waals surface area contributed by atoms with Crippen molar-refractivity contribution in [2.24, 2.45) is 0 Å². The van der Waals surface area contributed by atoms with Crippen LogP contribution in [-0.2, 0) is 25.8 Å². The van der Waals surface area contributed by atoms with Gasteiger partial charge in [0.15, 0.2) is 9.84 Å². The molecule has 1 N–H and O–H groups in total. The van der Waals surface area contributed by atoms with Crippen molar-refractivity contribution in [1.29, 1.82) is 0 Å². The van der Waals surface area contributed by atoms with Crippen LogP contribution < -0.4 is 0 Å². The average molecular weight is 341 g/mol. The van der Waals surface area contributed by atoms with Crippen LogP contribution in [0.1, 0.15) is 32.3 Å². The topological polar surface area (TPSA) is 91.8 Å². The number of carbonyl (C=O) groups excluding carboxylic acids is 1. The predicted molar refractivity (Wildman–Crippen MR) is 87.0 cm³/mol. The number of carboxylic acid groups (broad SMARTS) is 1. The molecule has 0 saturated carbocycles. The molecular formula is C16H23NO5S. The van der Waals surface area contributed by atoms with E-state index < -0.39 is 21.1 Å². The average Bonchev–Trinajstić information content (AvgIpc) is 2.47. The van der Waals surface area contributed by atoms with Crippen molar-refractivity contribution >= 4 is 21.7 Å². The van der Waals surface area contributed by atoms with Gasteiger partial charge in [0, 0.05) is 20.0 Å². The molecule has 0 fully saturated rings. The minimum Gasteiger partial charge on any atom is -0.481 e. The van der Waals surface area contributed by atoms with Crippen LogP contribution in [0.15, 0.2) is 29.2 Å². The van der Waals surface area contributed by atoms with Crippen molar-refractivity contribution in [1.82, 2.24) is 4.90 Å². The van der Waals surface area contributed by atoms with Gasteiger partial charge in [0.1, 0.15) is 0 Å². The summed E-state index contributed by atoms with van der Waals surface area (Å²) in [6.07, 6.45) is 0.591. The highest BCUT2D eigenvalue weighted by atomic mass is 32.2. The second-order valence-corrected chi connectivity index (χ2v) is 8.23. The lowest BCUT2D eigenvalue weighted by molar-refractivity contribution is -0.138. The molecule has 1 amide bonds. The minimum absolute atomic E-state index is 0.0272. The first kappa shape index (κ1) is 19.2. The summed E-state index contributed by atoms with van der Waals surface area (Å²) in [5.41, 5.74) is 0.725. The summed E-state index contributed by atoms with van der Waals surface area (Å²) in [4.78, 5) is 24.2. The van der Waals surface area contributed by atoms with Crippen LogP contribution in [0.25, 0.3) is 0 Å². The fraction of sp³-hybridized carbons (Fsp3) is 0.500. The van der Waals surface area contributed by atoms with Gasteiger partial charge in [-0.15, -0.1) is 0 Å². The molecule has 128 valence electrons. The van der Waals surface area contributed by atoms with E-state index >= 15 is 0 Å². The van der Waals surface area contributed by atoms with E-state index in [2.05, 4.69) is 0 Å². The van der Waals surface area contributed by atoms with Gasteiger partial charge >= 0.3 is 5.97 Å². The van der Waals surface area contributed by atoms with Crippen molar-refractivity contribution in [3.8, 4) is 0 Å². The van der Waals surface area contributed by atoms with Gasteiger partial charge in [-0.05, 0) is 38.0 Å². The number of hydrogen-bond acceptors (Lipinski definition) is 4. The Balaban J connectivity index is 2.64. The zero-order valence-corrected chi connectivity index (χ0v) is 14.5. The number of nitrogens with zero attached hydrogens (tertiary/aromatic N) is 1. The molecule has 0 aromatic heterocycles. The Bertz CT molecular complexity index is 650. The second kappa shape index (κ2) is 8.10. The van der Waals surface area contributed by atoms with Gasteiger partial charge in [0.05, 0.1) is 16.6 Å². The molecule has 0 spiro atoms. The van der Waals surface area contributed by atoms with Crippen molar-refractivity contribution in [3.05, 3.63) is 29.8 Å². The van der Waals surface area contributed by atoms with Crippen molar-refractivity contribution in [2.45, 2.75) is 43.3 Å². The normalized spacial score (nSPS) is 11.5. The Morgan fingerprint density at radius 2 is 1.74 bits per heavy atom. The van der Waals surface area contributed by atoms with Crippen molar-refractivity contribution < 1.29 is 23.1 Å². The third-order valence-corrected chi connectivity index (χ3v) is 5.71. The number of carboxylic acids is 1. The molecule has 1 aromatic carbocycles. The van der Waals surface area contributed by atoms with E-state index in [0.717, 1.165) is 5.56 Å². The van der Waals surface area contributed by atoms with Gasteiger partial charge in [-0.25, -0.2) is 8.42 Å². The molecule has 6 nitrogen and oxygen atoms in total. The Kier molecular flexibility index (Phi) is 6.75. The largest absolute Gasteiger partial charge is 0.481 e. The Morgan fingerprint density at radius 3 is 2.22 bits per heavy atom. The molecule has 1 rings (SSSR count). The fourth-order valence-electron chi connectivity index (χ4n) is 1.97. The van der Waals surface area contributed by atoms with Crippen molar-refractivity contribution in [2.75, 3.05) is 13.6 Å². The van der Waals surface area contributed by atoms with Crippen LogP contribution in [0, 0.1) is 0 Å². The molecule has 0 heterocycles. The molecule has 0 aliphatic heterocycles. The molecule has 0 radical (unpaired) electrons. The summed E-state index contributed by atoms with van der Waals surface area (Å²) >= 11 is 0. The Hall–Kier alpha value is -1.89. The zero-order chi connectivity index (χ0) is 17.6. The number of hydrogen-bond donors (Lipinski definition) is 1. The number of sulfone groups is 1. The quantitative estimate of drug-likeness (QED) is 0.777. The summed E-state index contributed by atoms with van der Waals surface area (Å²) in [5.74, 6) is -1.01. The van der Waals surface area contributed by atoms with Crippen LogP contribution in [0.2, 0.25) is 0 Å². The lowest BCUT2D eigenvalue weighted by Gasteiger charge is -2.16. The summed E-state index contributed by atoms with van der Waals surface area (Å²) in [6.45, 7) is 3.63. The minimum atomic E-state index is -3.31. The summed E-state index contributed by atoms with van der Waals surface area (Å²) in [6, 6.07) is 6.31. The van der Waals surface area contributed by atoms with E-state index in [1.165, 1.54) is 17.0 Å². The molecule has 0 bridgehead atoms. The molecule has 0 saturated heterocycles. The zero-order valence-electron chi connectivity index (χ0n) is 13.7. The van der Waals surface area contributed by atoms with E-state index in [1.54, 1.807) is 33.0 Å². The lowest BCUT2D eigenvalue weighted by atomic mass is 10.1. The molecule has 1 aromatic rings. The fourth-order valence-corrected chi connectivity index (χ4v) is 3.03. The molecule has 7 heteroatoms. The lowest BCUT2D eigenvalue weighted by Crippen LogP contribution is -2.29. The SMILES string of the molecule is CC(C)S(=O)(=O)c1ccc(CC(=O)N(C)CCCC(=O)O)cc1. The van der Waals surface area contributed by atoms with Crippen LogP contribution in [0.3, 0.4) is 0 Å². The molecule has 23 heavy (non-hydrogen) atoms. The van der Waals surface area contributed by atoms with Gasteiger partial charge in [-0.1, -0.05) is 12.1 Å². The number of rotatable bonds is 8. The Labute approximate surface area is 137 Å². The number of benzene rings is 1. The highest BCUT2D eigenvalue weighted by Gasteiger charge is 2.19. The van der Waals surface area contributed by atoms with E-state index in [9.17, 15) is 18.0 Å². The van der Waals surface area contributed by atoms with Crippen LogP contribution in [-0.4, -0.2) is 49.1 Å². The monoisotopic (exact) mass is 341 g/mol. The van der Waals surface area contributed by atoms with E-state index in [-0.39, 0.29) is 23.6 Å². The van der Waals surface area contributed by atoms with Gasteiger partial charge in [-0.2, -0.15) is 0 Å². The van der Waals surface area contributed by atoms with Crippen LogP contribution >= 0.6 is 0 Å². The molecular weight excluding hydrogens is 318 g/mol. The van der Waals surface area contributed by atoms with E-state index in [0.29, 0.717) is 13.0 Å². The first-order chi connectivity index (χ1) is 10.6. The third-order valence-electron chi connectivity index (χ3n) is 3.54. The summed E-state index contributed by atoms with van der Waals surface area (Å²) in [5, 5.41) is 8.09. The molecule has 0 atom stereocenters. The molecule has 0 aliphatic carbocycles. The first-order valence-corrected chi connectivity index (χ1v) is 8.98. The number of likely N-dealkylation sites (N-methyl/N-ethyl adjacent to an activating group) is 1. The van der Waals surface area contributed by atoms with E-state index in [1.807, 2.05) is 0 Å². The van der Waals surface area contributed by atoms with Gasteiger partial charge in [0.25, 0.3) is 0 Å². The van der Waals surface area contributed by atoms with Gasteiger partial charge < -0.3 is 10.0 Å². The Morgan fingerprint density at radius 1 is 1.17 bits per heavy atom. The standard InChI is InChI=1S/C16H23NO5S/c1-12(2)23(21,22)14-8-6-13(7-9-14)11-15(18)17(3)10-4-5-16(19)20/h6-9,12H,4-5,10-11H2,1-3H3,(H,19,20). The van der Waals surface area contributed by atoms with Gasteiger partial charge in [-0.3, -0.25) is 9.59 Å². The number of amides is 1. The van der Waals surface area contributed by atoms with Crippen molar-refractivity contribution in [3.63, 3.8) is 0 Å². The molecule has 0 unspecified atom stereocenters. The molecule has 0 aliphatic rings. The van der Waals surface area contributed by atoms with Crippen LogP contribution in [0.5, 0.6) is 0 Å². The highest BCUT2D eigenvalue weighted by molar-refractivity contribution is 7.92. The van der Waals surface area contributed by atoms with E-state index in [4.69, 9.17) is 5.11 Å². The number of aliphatic carboxylic acids is 1. The predicted octanol–water partition coefficient (Wildman–Crippen LogP) is 1.73. The first-order valence-electron chi connectivity index (χ1n) is 7.43. The maximum Gasteiger partial charge on any atom is 0.303 e. The summed E-state index contributed by atoms with van der Waals surface area (Å²) in [7, 11) is -1.68. The summed E-state index contributed by atoms with van der Waals surface area (Å²) < 4.78 is 24.0. The highest BCUT2D eigenvalue weighted by Crippen LogP contribution is 2.17. The maximum absolute atomic E-state index is 12.0. The smallest absolute Gasteiger partial charge is 0.303 e.